The molecule has 72 heavy (non-hydrogen) atoms. The highest BCUT2D eigenvalue weighted by Crippen LogP contribution is 2.59. The smallest absolute Gasteiger partial charge is 0.206 e. The minimum atomic E-state index is -1.11. The molecule has 0 radical (unpaired) electrons. The van der Waals surface area contributed by atoms with Crippen LogP contribution in [0, 0.1) is 0 Å². The fraction of sp³-hybridized carbons (Fsp3) is 0. The zero-order valence-electron chi connectivity index (χ0n) is 37.1. The molecule has 0 spiro atoms. The topological polar surface area (TPSA) is 224 Å². The minimum absolute atomic E-state index is 0.262. The second-order valence-electron chi connectivity index (χ2n) is 17.5. The molecule has 0 aliphatic heterocycles. The van der Waals surface area contributed by atoms with Crippen LogP contribution in [0.4, 0.5) is 0 Å². The Morgan fingerprint density at radius 2 is 0.917 bits per heavy atom. The number of para-hydroxylation sites is 2. The standard InChI is InChI=1S/C57H33N5O9S/c63-46-42-43-45(49(66)53(70)51(68)47(43)64)62(44(42)48(65)52(69)50(46)67)34-20-11-19-33-41(34)27-14-4-7-18-32(27)61(33)35-25-24-31(40-29-16-6-9-23-38(29)72-54(35)40)57-59-55(26-12-2-1-3-13-26)58-56(60-57)30-17-10-22-37-39(30)28-15-5-8-21-36(28)71-37/h1-25,63-70H. The van der Waals surface area contributed by atoms with Gasteiger partial charge in [0.2, 0.25) is 23.0 Å². The number of benzene rings is 9. The Kier molecular flexibility index (Phi) is 8.41. The first-order valence-corrected chi connectivity index (χ1v) is 23.4. The zero-order valence-corrected chi connectivity index (χ0v) is 37.9. The molecule has 14 aromatic rings. The van der Waals surface area contributed by atoms with Gasteiger partial charge in [-0.3, -0.25) is 0 Å². The molecular weight excluding hydrogens is 931 g/mol. The van der Waals surface area contributed by atoms with Crippen LogP contribution in [0.3, 0.4) is 0 Å². The number of phenols is 8. The van der Waals surface area contributed by atoms with E-state index in [0.717, 1.165) is 64.4 Å². The van der Waals surface area contributed by atoms with Crippen LogP contribution in [0.25, 0.3) is 131 Å². The van der Waals surface area contributed by atoms with E-state index in [9.17, 15) is 40.9 Å². The molecule has 0 amide bonds. The van der Waals surface area contributed by atoms with E-state index < -0.39 is 56.8 Å². The van der Waals surface area contributed by atoms with Gasteiger partial charge in [-0.25, -0.2) is 15.0 Å². The molecule has 0 saturated heterocycles. The van der Waals surface area contributed by atoms with Crippen molar-refractivity contribution in [2.45, 2.75) is 0 Å². The maximum absolute atomic E-state index is 11.6. The van der Waals surface area contributed by atoms with Crippen molar-refractivity contribution in [1.82, 2.24) is 24.1 Å². The van der Waals surface area contributed by atoms with Gasteiger partial charge in [0.05, 0.1) is 37.9 Å². The van der Waals surface area contributed by atoms with Gasteiger partial charge in [0.1, 0.15) is 22.2 Å². The maximum atomic E-state index is 11.6. The number of thiophene rings is 1. The summed E-state index contributed by atoms with van der Waals surface area (Å²) in [5.74, 6) is -6.70. The van der Waals surface area contributed by atoms with E-state index in [1.54, 1.807) is 23.5 Å². The first kappa shape index (κ1) is 41.0. The summed E-state index contributed by atoms with van der Waals surface area (Å²) in [4.78, 5) is 15.6. The number of nitrogens with zero attached hydrogens (tertiary/aromatic N) is 5. The van der Waals surface area contributed by atoms with Crippen LogP contribution >= 0.6 is 11.3 Å². The molecule has 0 aliphatic carbocycles. The van der Waals surface area contributed by atoms with Gasteiger partial charge < -0.3 is 54.4 Å². The summed E-state index contributed by atoms with van der Waals surface area (Å²) in [5, 5.41) is 93.3. The van der Waals surface area contributed by atoms with Crippen molar-refractivity contribution in [3.8, 4) is 91.5 Å². The van der Waals surface area contributed by atoms with E-state index in [4.69, 9.17) is 19.4 Å². The third-order valence-corrected chi connectivity index (χ3v) is 14.8. The normalized spacial score (nSPS) is 12.1. The summed E-state index contributed by atoms with van der Waals surface area (Å²) < 4.78 is 11.6. The SMILES string of the molecule is Oc1c(O)c(O)c2c(c1O)c1c(O)c(O)c(O)c(O)c1n2-c1cccc2c1c1ccccc1n2-c1ccc(-c2nc(-c3ccccc3)nc(-c3cccc4oc5ccccc5c34)n2)c2c1sc1ccccc12. The molecule has 0 atom stereocenters. The van der Waals surface area contributed by atoms with Crippen molar-refractivity contribution >= 4 is 97.1 Å². The van der Waals surface area contributed by atoms with Gasteiger partial charge in [0.25, 0.3) is 0 Å². The highest BCUT2D eigenvalue weighted by Gasteiger charge is 2.33. The molecule has 5 heterocycles. The van der Waals surface area contributed by atoms with Crippen LogP contribution in [0.5, 0.6) is 46.0 Å². The first-order valence-electron chi connectivity index (χ1n) is 22.6. The third kappa shape index (κ3) is 5.44. The number of aromatic nitrogens is 5. The third-order valence-electron chi connectivity index (χ3n) is 13.7. The Bertz CT molecular complexity index is 4610. The fourth-order valence-electron chi connectivity index (χ4n) is 10.5. The molecule has 0 unspecified atom stereocenters. The van der Waals surface area contributed by atoms with Crippen molar-refractivity contribution in [3.63, 3.8) is 0 Å². The molecule has 346 valence electrons. The average molecular weight is 964 g/mol. The van der Waals surface area contributed by atoms with Crippen LogP contribution in [0.1, 0.15) is 0 Å². The molecule has 5 aromatic heterocycles. The summed E-state index contributed by atoms with van der Waals surface area (Å²) in [6.45, 7) is 0. The quantitative estimate of drug-likeness (QED) is 0.0596. The van der Waals surface area contributed by atoms with Crippen molar-refractivity contribution in [1.29, 1.82) is 0 Å². The Hall–Kier alpha value is -9.99. The summed E-state index contributed by atoms with van der Waals surface area (Å²) in [7, 11) is 0. The highest BCUT2D eigenvalue weighted by molar-refractivity contribution is 7.26. The summed E-state index contributed by atoms with van der Waals surface area (Å²) in [6, 6.07) is 48.7. The van der Waals surface area contributed by atoms with E-state index in [1.807, 2.05) is 127 Å². The second kappa shape index (κ2) is 14.8. The van der Waals surface area contributed by atoms with E-state index in [0.29, 0.717) is 39.3 Å². The van der Waals surface area contributed by atoms with Crippen LogP contribution in [-0.2, 0) is 0 Å². The molecule has 0 saturated carbocycles. The fourth-order valence-corrected chi connectivity index (χ4v) is 11.8. The molecule has 15 heteroatoms. The average Bonchev–Trinajstić information content (AvgIpc) is 4.19. The second-order valence-corrected chi connectivity index (χ2v) is 18.5. The highest BCUT2D eigenvalue weighted by atomic mass is 32.1. The molecule has 8 N–H and O–H groups in total. The number of furan rings is 1. The molecule has 0 bridgehead atoms. The van der Waals surface area contributed by atoms with Crippen molar-refractivity contribution in [2.75, 3.05) is 0 Å². The molecule has 14 nitrogen and oxygen atoms in total. The van der Waals surface area contributed by atoms with E-state index in [-0.39, 0.29) is 16.7 Å². The number of aromatic hydroxyl groups is 8. The lowest BCUT2D eigenvalue weighted by Crippen LogP contribution is -2.01. The summed E-state index contributed by atoms with van der Waals surface area (Å²) in [6.07, 6.45) is 0. The first-order chi connectivity index (χ1) is 35.1. The number of fused-ring (bicyclic) bond motifs is 12. The predicted molar refractivity (Wildman–Crippen MR) is 278 cm³/mol. The van der Waals surface area contributed by atoms with E-state index in [1.165, 1.54) is 4.57 Å². The minimum Gasteiger partial charge on any atom is -0.504 e. The molecule has 14 rings (SSSR count). The predicted octanol–water partition coefficient (Wildman–Crippen LogP) is 13.0. The molecule has 0 fully saturated rings. The Labute approximate surface area is 407 Å². The van der Waals surface area contributed by atoms with Crippen LogP contribution in [0.15, 0.2) is 156 Å². The van der Waals surface area contributed by atoms with Crippen LogP contribution in [0.2, 0.25) is 0 Å². The Balaban J connectivity index is 1.07. The molecule has 9 aromatic carbocycles. The van der Waals surface area contributed by atoms with Gasteiger partial charge in [0.15, 0.2) is 40.5 Å². The van der Waals surface area contributed by atoms with Gasteiger partial charge in [-0.1, -0.05) is 103 Å². The number of rotatable bonds is 5. The van der Waals surface area contributed by atoms with Gasteiger partial charge in [0, 0.05) is 53.7 Å². The van der Waals surface area contributed by atoms with Crippen molar-refractivity contribution < 1.29 is 45.3 Å². The number of hydrogen-bond acceptors (Lipinski definition) is 13. The summed E-state index contributed by atoms with van der Waals surface area (Å²) >= 11 is 1.60. The van der Waals surface area contributed by atoms with Gasteiger partial charge in [-0.15, -0.1) is 11.3 Å². The molecular formula is C57H33N5O9S. The van der Waals surface area contributed by atoms with Crippen molar-refractivity contribution in [3.05, 3.63) is 152 Å². The lowest BCUT2D eigenvalue weighted by Gasteiger charge is -2.15. The lowest BCUT2D eigenvalue weighted by atomic mass is 10.0. The molecule has 0 aliphatic rings. The van der Waals surface area contributed by atoms with Crippen LogP contribution in [-0.4, -0.2) is 64.9 Å². The van der Waals surface area contributed by atoms with E-state index >= 15 is 0 Å². The van der Waals surface area contributed by atoms with E-state index in [2.05, 4.69) is 16.7 Å². The number of hydrogen-bond donors (Lipinski definition) is 8. The Morgan fingerprint density at radius 3 is 1.64 bits per heavy atom. The maximum Gasteiger partial charge on any atom is 0.206 e. The largest absolute Gasteiger partial charge is 0.504 e. The van der Waals surface area contributed by atoms with Gasteiger partial charge in [-0.05, 0) is 48.5 Å². The summed E-state index contributed by atoms with van der Waals surface area (Å²) in [5.41, 5.74) is 5.57. The Morgan fingerprint density at radius 1 is 0.361 bits per heavy atom. The van der Waals surface area contributed by atoms with Crippen LogP contribution < -0.4 is 0 Å². The number of phenolic OH excluding ortho intramolecular Hbond substituents is 8. The van der Waals surface area contributed by atoms with Gasteiger partial charge >= 0.3 is 0 Å². The lowest BCUT2D eigenvalue weighted by molar-refractivity contribution is 0.350. The van der Waals surface area contributed by atoms with Gasteiger partial charge in [-0.2, -0.15) is 0 Å². The zero-order chi connectivity index (χ0) is 48.8. The van der Waals surface area contributed by atoms with Crippen molar-refractivity contribution in [2.24, 2.45) is 0 Å². The monoisotopic (exact) mass is 963 g/mol.